The largest absolute Gasteiger partial charge is 0.410 e. The number of carbonyl (C=O) groups is 1. The smallest absolute Gasteiger partial charge is 0.293 e. The Balaban J connectivity index is 1.63. The third-order valence-corrected chi connectivity index (χ3v) is 5.64. The maximum atomic E-state index is 13.6. The van der Waals surface area contributed by atoms with Gasteiger partial charge in [-0.2, -0.15) is 23.4 Å². The topological polar surface area (TPSA) is 68.8 Å². The molecule has 1 amide bonds. The number of fused-ring (bicyclic) bond motifs is 2. The third-order valence-electron chi connectivity index (χ3n) is 5.64. The summed E-state index contributed by atoms with van der Waals surface area (Å²) in [4.78, 5) is 19.6. The molecule has 4 heterocycles. The van der Waals surface area contributed by atoms with Gasteiger partial charge in [0.05, 0.1) is 28.5 Å². The number of amides is 1. The van der Waals surface area contributed by atoms with E-state index in [4.69, 9.17) is 0 Å². The molecule has 0 radical (unpaired) electrons. The number of halogens is 3. The van der Waals surface area contributed by atoms with E-state index in [-0.39, 0.29) is 18.8 Å². The van der Waals surface area contributed by atoms with Gasteiger partial charge in [-0.25, -0.2) is 14.3 Å². The van der Waals surface area contributed by atoms with Crippen molar-refractivity contribution in [3.05, 3.63) is 65.6 Å². The van der Waals surface area contributed by atoms with Crippen molar-refractivity contribution in [3.8, 4) is 5.69 Å². The summed E-state index contributed by atoms with van der Waals surface area (Å²) in [6, 6.07) is 10.8. The van der Waals surface area contributed by atoms with Crippen molar-refractivity contribution in [1.29, 1.82) is 0 Å². The van der Waals surface area contributed by atoms with Crippen molar-refractivity contribution in [1.82, 2.24) is 24.5 Å². The Kier molecular flexibility index (Phi) is 4.54. The van der Waals surface area contributed by atoms with Crippen LogP contribution >= 0.6 is 0 Å². The van der Waals surface area contributed by atoms with Crippen LogP contribution in [0.15, 0.2) is 48.7 Å². The third kappa shape index (κ3) is 3.14. The number of anilines is 1. The zero-order valence-electron chi connectivity index (χ0n) is 17.3. The molecular weight excluding hydrogens is 421 g/mol. The molecule has 0 aliphatic carbocycles. The summed E-state index contributed by atoms with van der Waals surface area (Å²) in [7, 11) is 0. The summed E-state index contributed by atoms with van der Waals surface area (Å²) in [5, 5.41) is 9.01. The number of alkyl halides is 3. The number of nitrogens with zero attached hydrogens (tertiary/aromatic N) is 6. The highest BCUT2D eigenvalue weighted by atomic mass is 19.4. The summed E-state index contributed by atoms with van der Waals surface area (Å²) in [5.74, 6) is -0.280. The molecule has 0 bridgehead atoms. The van der Waals surface area contributed by atoms with Gasteiger partial charge in [0.1, 0.15) is 5.82 Å². The molecule has 1 aliphatic rings. The lowest BCUT2D eigenvalue weighted by Crippen LogP contribution is -2.43. The second-order valence-electron chi connectivity index (χ2n) is 7.78. The molecular formula is C22H19F3N6O. The van der Waals surface area contributed by atoms with Crippen molar-refractivity contribution < 1.29 is 18.0 Å². The van der Waals surface area contributed by atoms with E-state index in [0.29, 0.717) is 28.0 Å². The van der Waals surface area contributed by atoms with E-state index in [1.807, 2.05) is 30.3 Å². The fourth-order valence-electron chi connectivity index (χ4n) is 4.23. The summed E-state index contributed by atoms with van der Waals surface area (Å²) >= 11 is 0. The first-order valence-corrected chi connectivity index (χ1v) is 10.1. The van der Waals surface area contributed by atoms with E-state index < -0.39 is 18.1 Å². The van der Waals surface area contributed by atoms with Crippen LogP contribution in [-0.2, 0) is 0 Å². The number of rotatable bonds is 2. The zero-order valence-corrected chi connectivity index (χ0v) is 17.3. The van der Waals surface area contributed by atoms with Gasteiger partial charge in [0.2, 0.25) is 0 Å². The second kappa shape index (κ2) is 7.18. The molecule has 3 aromatic heterocycles. The van der Waals surface area contributed by atoms with Crippen LogP contribution in [0.1, 0.15) is 34.2 Å². The molecule has 164 valence electrons. The van der Waals surface area contributed by atoms with Gasteiger partial charge in [-0.1, -0.05) is 18.2 Å². The minimum Gasteiger partial charge on any atom is -0.293 e. The Morgan fingerprint density at radius 1 is 1.12 bits per heavy atom. The second-order valence-corrected chi connectivity index (χ2v) is 7.78. The van der Waals surface area contributed by atoms with Gasteiger partial charge in [0.25, 0.3) is 5.91 Å². The van der Waals surface area contributed by atoms with Gasteiger partial charge in [0, 0.05) is 18.3 Å². The van der Waals surface area contributed by atoms with Gasteiger partial charge in [-0.3, -0.25) is 9.69 Å². The molecule has 0 saturated heterocycles. The van der Waals surface area contributed by atoms with Crippen LogP contribution in [0.3, 0.4) is 0 Å². The average molecular weight is 440 g/mol. The van der Waals surface area contributed by atoms with Gasteiger partial charge >= 0.3 is 6.18 Å². The van der Waals surface area contributed by atoms with E-state index >= 15 is 0 Å². The highest BCUT2D eigenvalue weighted by Gasteiger charge is 2.46. The molecule has 0 saturated carbocycles. The van der Waals surface area contributed by atoms with Crippen LogP contribution in [0.5, 0.6) is 0 Å². The molecule has 32 heavy (non-hydrogen) atoms. The number of aromatic nitrogens is 5. The SMILES string of the molecule is Cc1cc(C(=O)N2CCC(C(F)(F)F)n3nccc32)c2c(C)nn(-c3ccccc3)c2n1. The predicted octanol–water partition coefficient (Wildman–Crippen LogP) is 4.39. The highest BCUT2D eigenvalue weighted by Crippen LogP contribution is 2.39. The van der Waals surface area contributed by atoms with Crippen LogP contribution in [-0.4, -0.2) is 43.2 Å². The normalized spacial score (nSPS) is 16.4. The molecule has 0 spiro atoms. The quantitative estimate of drug-likeness (QED) is 0.464. The van der Waals surface area contributed by atoms with E-state index in [1.165, 1.54) is 17.2 Å². The lowest BCUT2D eigenvalue weighted by atomic mass is 10.1. The van der Waals surface area contributed by atoms with Crippen molar-refractivity contribution >= 4 is 22.8 Å². The maximum absolute atomic E-state index is 13.6. The Morgan fingerprint density at radius 3 is 2.59 bits per heavy atom. The summed E-state index contributed by atoms with van der Waals surface area (Å²) in [5.41, 5.74) is 2.89. The Hall–Kier alpha value is -3.69. The van der Waals surface area contributed by atoms with E-state index in [0.717, 1.165) is 10.4 Å². The molecule has 10 heteroatoms. The van der Waals surface area contributed by atoms with Crippen molar-refractivity contribution in [2.75, 3.05) is 11.4 Å². The van der Waals surface area contributed by atoms with Crippen LogP contribution in [0.2, 0.25) is 0 Å². The number of pyridine rings is 1. The molecule has 1 atom stereocenters. The number of para-hydroxylation sites is 1. The van der Waals surface area contributed by atoms with E-state index in [2.05, 4.69) is 15.2 Å². The number of hydrogen-bond donors (Lipinski definition) is 0. The summed E-state index contributed by atoms with van der Waals surface area (Å²) < 4.78 is 42.9. The Morgan fingerprint density at radius 2 is 1.88 bits per heavy atom. The number of benzene rings is 1. The molecule has 1 aliphatic heterocycles. The van der Waals surface area contributed by atoms with Crippen LogP contribution in [0.4, 0.5) is 19.0 Å². The van der Waals surface area contributed by atoms with Gasteiger partial charge in [0.15, 0.2) is 11.7 Å². The summed E-state index contributed by atoms with van der Waals surface area (Å²) in [6.07, 6.45) is -3.42. The number of hydrogen-bond acceptors (Lipinski definition) is 4. The van der Waals surface area contributed by atoms with Crippen LogP contribution in [0.25, 0.3) is 16.7 Å². The fourth-order valence-corrected chi connectivity index (χ4v) is 4.23. The first-order chi connectivity index (χ1) is 15.3. The first kappa shape index (κ1) is 20.2. The van der Waals surface area contributed by atoms with Gasteiger partial charge in [-0.15, -0.1) is 0 Å². The van der Waals surface area contributed by atoms with E-state index in [9.17, 15) is 18.0 Å². The molecule has 4 aromatic rings. The number of aryl methyl sites for hydroxylation is 2. The standard InChI is InChI=1S/C22H19F3N6O/c1-13-12-16(19-14(2)28-30(20(19)27-13)15-6-4-3-5-7-15)21(32)29-11-9-17(22(23,24)25)31-18(29)8-10-26-31/h3-8,10,12,17H,9,11H2,1-2H3. The van der Waals surface area contributed by atoms with Crippen molar-refractivity contribution in [2.45, 2.75) is 32.5 Å². The highest BCUT2D eigenvalue weighted by molar-refractivity contribution is 6.13. The predicted molar refractivity (Wildman–Crippen MR) is 112 cm³/mol. The minimum absolute atomic E-state index is 0.0660. The molecule has 5 rings (SSSR count). The number of carbonyl (C=O) groups excluding carboxylic acids is 1. The van der Waals surface area contributed by atoms with Gasteiger partial charge < -0.3 is 0 Å². The van der Waals surface area contributed by atoms with Gasteiger partial charge in [-0.05, 0) is 38.5 Å². The minimum atomic E-state index is -4.44. The first-order valence-electron chi connectivity index (χ1n) is 10.1. The van der Waals surface area contributed by atoms with Crippen molar-refractivity contribution in [2.24, 2.45) is 0 Å². The average Bonchev–Trinajstić information content (AvgIpc) is 3.37. The molecule has 0 fully saturated rings. The van der Waals surface area contributed by atoms with Crippen LogP contribution in [0, 0.1) is 13.8 Å². The molecule has 1 unspecified atom stereocenters. The summed E-state index contributed by atoms with van der Waals surface area (Å²) in [6.45, 7) is 3.49. The lowest BCUT2D eigenvalue weighted by Gasteiger charge is -2.34. The van der Waals surface area contributed by atoms with E-state index in [1.54, 1.807) is 24.6 Å². The van der Waals surface area contributed by atoms with Crippen molar-refractivity contribution in [3.63, 3.8) is 0 Å². The maximum Gasteiger partial charge on any atom is 0.410 e. The Bertz CT molecular complexity index is 1320. The Labute approximate surface area is 181 Å². The fraction of sp³-hybridized carbons (Fsp3) is 0.273. The molecule has 0 N–H and O–H groups in total. The zero-order chi connectivity index (χ0) is 22.6. The monoisotopic (exact) mass is 440 g/mol. The molecule has 7 nitrogen and oxygen atoms in total. The lowest BCUT2D eigenvalue weighted by molar-refractivity contribution is -0.172. The van der Waals surface area contributed by atoms with Crippen LogP contribution < -0.4 is 4.90 Å². The molecule has 1 aromatic carbocycles.